The lowest BCUT2D eigenvalue weighted by atomic mass is 10.0. The second kappa shape index (κ2) is 14.6. The van der Waals surface area contributed by atoms with E-state index in [1.165, 1.54) is 33.1 Å². The number of ether oxygens (including phenoxy) is 1. The van der Waals surface area contributed by atoms with Crippen LogP contribution >= 0.6 is 0 Å². The number of pyridine rings is 2. The lowest BCUT2D eigenvalue weighted by molar-refractivity contribution is -0.137. The zero-order chi connectivity index (χ0) is 35.6. The molecule has 0 radical (unpaired) electrons. The number of hydrogen-bond donors (Lipinski definition) is 1. The van der Waals surface area contributed by atoms with E-state index >= 15 is 4.39 Å². The third kappa shape index (κ3) is 7.94. The van der Waals surface area contributed by atoms with Gasteiger partial charge in [-0.25, -0.2) is 13.8 Å². The Kier molecular flexibility index (Phi) is 10.7. The fraction of sp³-hybridized carbons (Fsp3) is 0.545. The molecule has 3 aliphatic heterocycles. The van der Waals surface area contributed by atoms with E-state index in [1.807, 2.05) is 19.0 Å². The van der Waals surface area contributed by atoms with Gasteiger partial charge in [-0.2, -0.15) is 23.1 Å². The van der Waals surface area contributed by atoms with Crippen molar-refractivity contribution in [3.8, 4) is 29.2 Å². The highest BCUT2D eigenvalue weighted by Crippen LogP contribution is 2.41. The Labute approximate surface area is 281 Å². The van der Waals surface area contributed by atoms with Gasteiger partial charge in [0.15, 0.2) is 5.82 Å². The Balaban J connectivity index is 0.000000444. The molecule has 2 N–H and O–H groups in total. The molecule has 49 heavy (non-hydrogen) atoms. The Morgan fingerprint density at radius 3 is 2.55 bits per heavy atom. The third-order valence-corrected chi connectivity index (χ3v) is 8.95. The standard InChI is InChI=1S/C26H28F4N8O2.C7H12FN/c1-14-11-17(31)33-22(19(14)26(28,29)30)23-20(27)21-16(12-32-23)24(35-25(34-21)40-5)37(4)15-8-10-38(13-15)18(39)7-6-9-36(2)3;8-6-4-7-2-1-3-9(7)5-6/h11-12,15H,8-10,13H2,1-5H3,(H2,31,33);6-7H,1-5H2. The molecule has 0 aromatic carbocycles. The summed E-state index contributed by atoms with van der Waals surface area (Å²) >= 11 is 0. The van der Waals surface area contributed by atoms with Crippen LogP contribution in [0.4, 0.5) is 33.6 Å². The summed E-state index contributed by atoms with van der Waals surface area (Å²) < 4.78 is 75.4. The number of anilines is 2. The number of fused-ring (bicyclic) bond motifs is 2. The first kappa shape index (κ1) is 35.9. The molecule has 3 atom stereocenters. The van der Waals surface area contributed by atoms with E-state index < -0.39 is 35.1 Å². The van der Waals surface area contributed by atoms with Gasteiger partial charge >= 0.3 is 12.2 Å². The summed E-state index contributed by atoms with van der Waals surface area (Å²) in [5.41, 5.74) is 2.65. The molecule has 3 aromatic rings. The fourth-order valence-corrected chi connectivity index (χ4v) is 6.57. The number of likely N-dealkylation sites (N-methyl/N-ethyl adjacent to an activating group) is 1. The van der Waals surface area contributed by atoms with Crippen LogP contribution in [0.3, 0.4) is 0 Å². The molecule has 0 bridgehead atoms. The quantitative estimate of drug-likeness (QED) is 0.312. The maximum atomic E-state index is 15.9. The number of likely N-dealkylation sites (tertiary alicyclic amines) is 1. The minimum absolute atomic E-state index is 0.147. The van der Waals surface area contributed by atoms with Crippen LogP contribution in [0.1, 0.15) is 36.8 Å². The van der Waals surface area contributed by atoms with E-state index in [0.29, 0.717) is 38.6 Å². The first-order valence-corrected chi connectivity index (χ1v) is 16.0. The SMILES string of the molecule is COc1nc(N(C)C2CCN(C(=O)C#CCN(C)C)C2)c2cnc(-c3nc(N)cc(C)c3C(F)(F)F)c(F)c2n1.FC1CC2CCCN2C1. The molecule has 0 saturated carbocycles. The van der Waals surface area contributed by atoms with Gasteiger partial charge in [-0.1, -0.05) is 5.92 Å². The van der Waals surface area contributed by atoms with Crippen LogP contribution in [0.2, 0.25) is 0 Å². The van der Waals surface area contributed by atoms with Gasteiger partial charge in [-0.05, 0) is 70.8 Å². The number of nitrogens with two attached hydrogens (primary N) is 1. The van der Waals surface area contributed by atoms with E-state index in [-0.39, 0.29) is 46.1 Å². The van der Waals surface area contributed by atoms with Gasteiger partial charge in [-0.15, -0.1) is 0 Å². The van der Waals surface area contributed by atoms with Crippen LogP contribution < -0.4 is 15.4 Å². The smallest absolute Gasteiger partial charge is 0.418 e. The number of hydrogen-bond acceptors (Lipinski definition) is 10. The Bertz CT molecular complexity index is 1750. The highest BCUT2D eigenvalue weighted by atomic mass is 19.4. The number of carbonyl (C=O) groups excluding carboxylic acids is 1. The minimum Gasteiger partial charge on any atom is -0.467 e. The molecule has 3 aliphatic rings. The van der Waals surface area contributed by atoms with Crippen LogP contribution in [-0.2, 0) is 11.0 Å². The van der Waals surface area contributed by atoms with Gasteiger partial charge in [0, 0.05) is 45.0 Å². The van der Waals surface area contributed by atoms with E-state index in [2.05, 4.69) is 36.7 Å². The fourth-order valence-electron chi connectivity index (χ4n) is 6.57. The second-order valence-corrected chi connectivity index (χ2v) is 12.8. The third-order valence-electron chi connectivity index (χ3n) is 8.95. The number of nitrogens with zero attached hydrogens (tertiary/aromatic N) is 8. The topological polar surface area (TPSA) is 117 Å². The number of alkyl halides is 4. The number of aryl methyl sites for hydroxylation is 1. The van der Waals surface area contributed by atoms with Gasteiger partial charge in [0.05, 0.1) is 24.6 Å². The Morgan fingerprint density at radius 1 is 1.12 bits per heavy atom. The minimum atomic E-state index is -4.83. The Morgan fingerprint density at radius 2 is 1.88 bits per heavy atom. The first-order valence-electron chi connectivity index (χ1n) is 16.0. The van der Waals surface area contributed by atoms with Crippen molar-refractivity contribution in [1.82, 2.24) is 34.6 Å². The monoisotopic (exact) mass is 689 g/mol. The van der Waals surface area contributed by atoms with Crippen LogP contribution in [0, 0.1) is 24.6 Å². The number of halogens is 5. The Hall–Kier alpha value is -4.36. The maximum Gasteiger partial charge on any atom is 0.418 e. The van der Waals surface area contributed by atoms with Gasteiger partial charge in [-0.3, -0.25) is 19.6 Å². The van der Waals surface area contributed by atoms with Crippen molar-refractivity contribution < 1.29 is 31.5 Å². The number of methoxy groups -OCH3 is 1. The number of amides is 1. The molecule has 6 rings (SSSR count). The molecule has 6 heterocycles. The summed E-state index contributed by atoms with van der Waals surface area (Å²) in [6, 6.07) is 1.27. The average molecular weight is 690 g/mol. The summed E-state index contributed by atoms with van der Waals surface area (Å²) in [7, 11) is 6.71. The summed E-state index contributed by atoms with van der Waals surface area (Å²) in [6.45, 7) is 4.32. The average Bonchev–Trinajstić information content (AvgIpc) is 3.77. The van der Waals surface area contributed by atoms with Crippen molar-refractivity contribution in [1.29, 1.82) is 0 Å². The van der Waals surface area contributed by atoms with Crippen molar-refractivity contribution >= 4 is 28.4 Å². The van der Waals surface area contributed by atoms with Gasteiger partial charge in [0.25, 0.3) is 5.91 Å². The predicted octanol–water partition coefficient (Wildman–Crippen LogP) is 3.94. The molecule has 3 unspecified atom stereocenters. The predicted molar refractivity (Wildman–Crippen MR) is 175 cm³/mol. The van der Waals surface area contributed by atoms with Crippen LogP contribution in [0.5, 0.6) is 6.01 Å². The summed E-state index contributed by atoms with van der Waals surface area (Å²) in [5, 5.41) is 0.147. The van der Waals surface area contributed by atoms with Crippen molar-refractivity contribution in [2.24, 2.45) is 0 Å². The van der Waals surface area contributed by atoms with Crippen molar-refractivity contribution in [3.05, 3.63) is 29.2 Å². The van der Waals surface area contributed by atoms with Crippen molar-refractivity contribution in [2.75, 3.05) is 71.6 Å². The van der Waals surface area contributed by atoms with Crippen molar-refractivity contribution in [2.45, 2.75) is 57.0 Å². The highest BCUT2D eigenvalue weighted by molar-refractivity contribution is 5.94. The molecule has 3 fully saturated rings. The zero-order valence-corrected chi connectivity index (χ0v) is 28.1. The molecule has 11 nitrogen and oxygen atoms in total. The first-order chi connectivity index (χ1) is 23.2. The van der Waals surface area contributed by atoms with Gasteiger partial charge < -0.3 is 20.3 Å². The molecule has 3 aromatic heterocycles. The summed E-state index contributed by atoms with van der Waals surface area (Å²) in [5.74, 6) is 4.05. The molecule has 0 spiro atoms. The maximum absolute atomic E-state index is 15.9. The normalized spacial score (nSPS) is 20.6. The number of carbonyl (C=O) groups is 1. The lowest BCUT2D eigenvalue weighted by Gasteiger charge is -2.27. The summed E-state index contributed by atoms with van der Waals surface area (Å²) in [4.78, 5) is 36.3. The number of rotatable bonds is 5. The molecule has 1 amide bonds. The number of nitrogen functional groups attached to an aromatic ring is 1. The van der Waals surface area contributed by atoms with Gasteiger partial charge in [0.1, 0.15) is 34.7 Å². The highest BCUT2D eigenvalue weighted by Gasteiger charge is 2.39. The zero-order valence-electron chi connectivity index (χ0n) is 28.1. The van der Waals surface area contributed by atoms with Gasteiger partial charge in [0.2, 0.25) is 0 Å². The molecule has 264 valence electrons. The largest absolute Gasteiger partial charge is 0.467 e. The number of aromatic nitrogens is 4. The van der Waals surface area contributed by atoms with E-state index in [4.69, 9.17) is 10.5 Å². The second-order valence-electron chi connectivity index (χ2n) is 12.8. The van der Waals surface area contributed by atoms with E-state index in [0.717, 1.165) is 19.0 Å². The van der Waals surface area contributed by atoms with Crippen LogP contribution in [0.25, 0.3) is 22.3 Å². The summed E-state index contributed by atoms with van der Waals surface area (Å²) in [6.07, 6.45) is -0.237. The molecule has 0 aliphatic carbocycles. The van der Waals surface area contributed by atoms with Crippen molar-refractivity contribution in [3.63, 3.8) is 0 Å². The molecular formula is C33H40F5N9O2. The molecule has 3 saturated heterocycles. The van der Waals surface area contributed by atoms with E-state index in [9.17, 15) is 22.4 Å². The molecule has 16 heteroatoms. The van der Waals surface area contributed by atoms with Crippen LogP contribution in [0.15, 0.2) is 12.3 Å². The molecular weight excluding hydrogens is 649 g/mol. The van der Waals surface area contributed by atoms with Crippen LogP contribution in [-0.4, -0.2) is 120 Å². The lowest BCUT2D eigenvalue weighted by Crippen LogP contribution is -2.37. The van der Waals surface area contributed by atoms with E-state index in [1.54, 1.807) is 16.8 Å².